The van der Waals surface area contributed by atoms with Crippen LogP contribution in [0.4, 0.5) is 0 Å². The number of aliphatic hydroxyl groups is 4. The Hall–Kier alpha value is -1.71. The van der Waals surface area contributed by atoms with Gasteiger partial charge in [-0.05, 0) is 146 Å². The second-order valence-corrected chi connectivity index (χ2v) is 20.6. The Kier molecular flexibility index (Phi) is 21.3. The summed E-state index contributed by atoms with van der Waals surface area (Å²) in [6.45, 7) is 7.14. The number of nitrogens with zero attached hydrogens (tertiary/aromatic N) is 3. The van der Waals surface area contributed by atoms with Gasteiger partial charge in [0, 0.05) is 33.0 Å². The number of methoxy groups -OCH3 is 1. The van der Waals surface area contributed by atoms with E-state index in [1.807, 2.05) is 26.0 Å². The van der Waals surface area contributed by atoms with Crippen molar-refractivity contribution in [1.82, 2.24) is 25.6 Å². The number of nitrogens with one attached hydrogen (secondary N) is 2. The van der Waals surface area contributed by atoms with Crippen molar-refractivity contribution >= 4 is 116 Å². The number of unbranched alkanes of at least 4 members (excludes halogenated alkanes) is 1. The number of aliphatic hydroxyl groups excluding tert-OH is 4. The lowest BCUT2D eigenvalue weighted by Gasteiger charge is -2.50. The van der Waals surface area contributed by atoms with Crippen LogP contribution >= 0.6 is 90.4 Å². The second kappa shape index (κ2) is 24.9. The van der Waals surface area contributed by atoms with Crippen molar-refractivity contribution in [2.45, 2.75) is 115 Å². The lowest BCUT2D eigenvalue weighted by molar-refractivity contribution is -0.277. The summed E-state index contributed by atoms with van der Waals surface area (Å²) >= 11 is 8.67. The van der Waals surface area contributed by atoms with Crippen molar-refractivity contribution in [1.29, 1.82) is 0 Å². The van der Waals surface area contributed by atoms with Crippen molar-refractivity contribution in [3.63, 3.8) is 0 Å². The van der Waals surface area contributed by atoms with Gasteiger partial charge < -0.3 is 59.9 Å². The molecule has 23 heteroatoms. The Balaban J connectivity index is 1.24. The van der Waals surface area contributed by atoms with Crippen molar-refractivity contribution < 1.29 is 63.6 Å². The number of benzene rings is 2. The quantitative estimate of drug-likeness (QED) is 0.0312. The molecule has 0 aliphatic carbocycles. The van der Waals surface area contributed by atoms with Crippen LogP contribution in [0.25, 0.3) is 0 Å². The molecule has 1 fully saturated rings. The number of carboxylic acid groups (broad SMARTS) is 1. The first-order valence-corrected chi connectivity index (χ1v) is 24.4. The Morgan fingerprint density at radius 3 is 2.24 bits per heavy atom. The number of halogens is 4. The minimum atomic E-state index is -1.86. The van der Waals surface area contributed by atoms with Gasteiger partial charge in [-0.1, -0.05) is 19.1 Å². The molecule has 0 saturated carbocycles. The van der Waals surface area contributed by atoms with E-state index in [2.05, 4.69) is 111 Å². The third kappa shape index (κ3) is 15.4. The lowest BCUT2D eigenvalue weighted by Crippen LogP contribution is -2.70. The van der Waals surface area contributed by atoms with Crippen LogP contribution in [-0.2, 0) is 48.2 Å². The summed E-state index contributed by atoms with van der Waals surface area (Å²) in [5.74, 6) is -0.757. The van der Waals surface area contributed by atoms with Crippen molar-refractivity contribution in [2.75, 3.05) is 20.3 Å². The Bertz CT molecular complexity index is 1990. The molecule has 2 heterocycles. The molecule has 7 N–H and O–H groups in total. The fraction of sp³-hybridized carbons (Fsp3) is 0.575. The van der Waals surface area contributed by atoms with E-state index < -0.39 is 72.8 Å². The van der Waals surface area contributed by atoms with Crippen LogP contribution in [0.2, 0.25) is 0 Å². The molecule has 3 aromatic rings. The zero-order valence-electron chi connectivity index (χ0n) is 35.6. The number of aliphatic carboxylic acids is 1. The van der Waals surface area contributed by atoms with Gasteiger partial charge in [0.15, 0.2) is 12.0 Å². The van der Waals surface area contributed by atoms with Gasteiger partial charge in [-0.3, -0.25) is 19.1 Å². The molecule has 18 nitrogen and oxygen atoms in total. The van der Waals surface area contributed by atoms with Gasteiger partial charge in [-0.2, -0.15) is 0 Å². The SMILES string of the molecule is BC1(C)OC(CO)C(O)C(OC(O)C(O)C(C(C)C)C(CC(=O)NCCCCn2cc(COc3c(I)cc(Oc4c(I)cc(CC(=O)O)cc4I)cc3I)nn2)OC)C1NC(C)=O. The van der Waals surface area contributed by atoms with Crippen LogP contribution in [0.15, 0.2) is 30.5 Å². The van der Waals surface area contributed by atoms with Crippen molar-refractivity contribution in [3.8, 4) is 17.2 Å². The Labute approximate surface area is 421 Å². The van der Waals surface area contributed by atoms with Crippen LogP contribution in [0, 0.1) is 26.1 Å². The molecule has 4 rings (SSSR count). The minimum Gasteiger partial charge on any atom is -0.485 e. The molecule has 0 radical (unpaired) electrons. The van der Waals surface area contributed by atoms with E-state index >= 15 is 0 Å². The fourth-order valence-corrected chi connectivity index (χ4v) is 11.5. The first kappa shape index (κ1) is 53.9. The monoisotopic (exact) mass is 1330 g/mol. The summed E-state index contributed by atoms with van der Waals surface area (Å²) in [5, 5.41) is 66.6. The molecule has 63 heavy (non-hydrogen) atoms. The molecule has 9 atom stereocenters. The molecule has 1 saturated heterocycles. The number of carbonyl (C=O) groups excluding carboxylic acids is 2. The van der Waals surface area contributed by atoms with E-state index in [1.165, 1.54) is 14.0 Å². The molecule has 0 spiro atoms. The van der Waals surface area contributed by atoms with Gasteiger partial charge in [-0.25, -0.2) is 0 Å². The minimum absolute atomic E-state index is 0.0648. The normalized spacial score (nSPS) is 21.9. The van der Waals surface area contributed by atoms with Crippen molar-refractivity contribution in [2.24, 2.45) is 11.8 Å². The smallest absolute Gasteiger partial charge is 0.307 e. The Morgan fingerprint density at radius 1 is 1.03 bits per heavy atom. The predicted octanol–water partition coefficient (Wildman–Crippen LogP) is 2.94. The van der Waals surface area contributed by atoms with Gasteiger partial charge in [0.05, 0.1) is 57.6 Å². The second-order valence-electron chi connectivity index (χ2n) is 16.0. The van der Waals surface area contributed by atoms with Gasteiger partial charge in [0.1, 0.15) is 56.1 Å². The third-order valence-electron chi connectivity index (χ3n) is 10.4. The summed E-state index contributed by atoms with van der Waals surface area (Å²) in [4.78, 5) is 36.3. The summed E-state index contributed by atoms with van der Waals surface area (Å²) in [5.41, 5.74) is 0.227. The number of carboxylic acids is 1. The molecular formula is C40H54BI4N5O13. The van der Waals surface area contributed by atoms with E-state index in [1.54, 1.807) is 37.8 Å². The topological polar surface area (TPSA) is 253 Å². The maximum absolute atomic E-state index is 13.1. The van der Waals surface area contributed by atoms with Gasteiger partial charge in [-0.15, -0.1) is 5.10 Å². The number of carbonyl (C=O) groups is 3. The zero-order chi connectivity index (χ0) is 46.8. The van der Waals surface area contributed by atoms with Crippen LogP contribution < -0.4 is 20.1 Å². The highest BCUT2D eigenvalue weighted by molar-refractivity contribution is 14.1. The van der Waals surface area contributed by atoms with Gasteiger partial charge >= 0.3 is 5.97 Å². The third-order valence-corrected chi connectivity index (χ3v) is 13.6. The van der Waals surface area contributed by atoms with Crippen LogP contribution in [0.1, 0.15) is 58.2 Å². The number of ether oxygens (including phenoxy) is 5. The molecule has 1 aromatic heterocycles. The number of hydrogen-bond acceptors (Lipinski definition) is 14. The molecule has 9 unspecified atom stereocenters. The summed E-state index contributed by atoms with van der Waals surface area (Å²) < 4.78 is 34.7. The summed E-state index contributed by atoms with van der Waals surface area (Å²) in [6, 6.07) is 6.41. The predicted molar refractivity (Wildman–Crippen MR) is 265 cm³/mol. The highest BCUT2D eigenvalue weighted by atomic mass is 127. The summed E-state index contributed by atoms with van der Waals surface area (Å²) in [7, 11) is 3.07. The molecule has 0 bridgehead atoms. The van der Waals surface area contributed by atoms with Crippen LogP contribution in [0.5, 0.6) is 17.2 Å². The van der Waals surface area contributed by atoms with Crippen LogP contribution in [-0.4, -0.2) is 135 Å². The number of hydrogen-bond donors (Lipinski definition) is 7. The summed E-state index contributed by atoms with van der Waals surface area (Å²) in [6.07, 6.45) is -5.05. The largest absolute Gasteiger partial charge is 0.485 e. The molecule has 1 aliphatic heterocycles. The van der Waals surface area contributed by atoms with E-state index in [0.29, 0.717) is 54.4 Å². The number of amides is 2. The molecule has 1 aliphatic rings. The zero-order valence-corrected chi connectivity index (χ0v) is 44.2. The standard InChI is InChI=1S/C40H54BI4N5O13/c1-19(2)32(34(57)39(58)62-37-33(56)29(17-51)63-40(4,41)38(37)47-20(3)52)28(59-5)15-30(53)46-8-6-7-9-50-16-22(48-49-50)18-60-35-26(44)13-23(14-27(35)45)61-36-24(42)10-21(11-25(36)43)12-31(54)55/h10-11,13-14,16,19,28-29,32-34,37-39,51,56-58H,6-9,12,15,17-18,41H2,1-5H3,(H,46,53)(H,47,52)(H,54,55). The van der Waals surface area contributed by atoms with Gasteiger partial charge in [0.25, 0.3) is 0 Å². The van der Waals surface area contributed by atoms with Crippen LogP contribution in [0.3, 0.4) is 0 Å². The molecular weight excluding hydrogens is 1280 g/mol. The van der Waals surface area contributed by atoms with E-state index in [0.717, 1.165) is 14.3 Å². The average molecular weight is 1330 g/mol. The lowest BCUT2D eigenvalue weighted by atomic mass is 9.70. The Morgan fingerprint density at radius 2 is 1.67 bits per heavy atom. The maximum Gasteiger partial charge on any atom is 0.307 e. The van der Waals surface area contributed by atoms with Gasteiger partial charge in [0.2, 0.25) is 11.8 Å². The van der Waals surface area contributed by atoms with Crippen molar-refractivity contribution in [3.05, 3.63) is 56.0 Å². The highest BCUT2D eigenvalue weighted by Crippen LogP contribution is 2.38. The molecule has 2 amide bonds. The molecule has 2 aromatic carbocycles. The highest BCUT2D eigenvalue weighted by Gasteiger charge is 2.52. The molecule has 348 valence electrons. The fourth-order valence-electron chi connectivity index (χ4n) is 7.35. The van der Waals surface area contributed by atoms with E-state index in [9.17, 15) is 34.8 Å². The first-order chi connectivity index (χ1) is 29.6. The maximum atomic E-state index is 13.1. The van der Waals surface area contributed by atoms with E-state index in [-0.39, 0.29) is 31.3 Å². The number of rotatable bonds is 23. The van der Waals surface area contributed by atoms with E-state index in [4.69, 9.17) is 28.8 Å². The number of aryl methyl sites for hydroxylation is 1. The average Bonchev–Trinajstić information content (AvgIpc) is 3.65. The first-order valence-electron chi connectivity index (χ1n) is 20.1. The number of aromatic nitrogens is 3.